The minimum Gasteiger partial charge on any atom is -0.383 e. The van der Waals surface area contributed by atoms with Crippen LogP contribution < -0.4 is 5.32 Å². The molecule has 6 heteroatoms. The highest BCUT2D eigenvalue weighted by Crippen LogP contribution is 2.27. The molecule has 0 bridgehead atoms. The summed E-state index contributed by atoms with van der Waals surface area (Å²) in [5.74, 6) is 0.253. The van der Waals surface area contributed by atoms with Crippen molar-refractivity contribution in [3.05, 3.63) is 57.8 Å². The van der Waals surface area contributed by atoms with Crippen molar-refractivity contribution in [2.75, 3.05) is 20.3 Å². The average Bonchev–Trinajstić information content (AvgIpc) is 3.45. The van der Waals surface area contributed by atoms with Crippen LogP contribution in [0, 0.1) is 0 Å². The van der Waals surface area contributed by atoms with E-state index in [4.69, 9.17) is 4.74 Å². The number of amides is 2. The molecule has 1 heterocycles. The monoisotopic (exact) mass is 442 g/mol. The Balaban J connectivity index is 1.90. The molecule has 3 rings (SSSR count). The molecular weight excluding hydrogens is 408 g/mol. The van der Waals surface area contributed by atoms with Crippen LogP contribution in [0.25, 0.3) is 0 Å². The van der Waals surface area contributed by atoms with Crippen LogP contribution >= 0.6 is 11.3 Å². The lowest BCUT2D eigenvalue weighted by atomic mass is 9.97. The normalized spacial score (nSPS) is 15.2. The van der Waals surface area contributed by atoms with Gasteiger partial charge in [0.15, 0.2) is 0 Å². The van der Waals surface area contributed by atoms with Gasteiger partial charge >= 0.3 is 0 Å². The SMILES string of the molecule is COCCN(C(=O)Cc1cccs1)[C@H](C(=O)NC1CCCC1)c1ccc(C(C)C)cc1. The molecule has 0 unspecified atom stereocenters. The van der Waals surface area contributed by atoms with Gasteiger partial charge in [-0.3, -0.25) is 9.59 Å². The smallest absolute Gasteiger partial charge is 0.247 e. The van der Waals surface area contributed by atoms with Gasteiger partial charge in [0, 0.05) is 24.6 Å². The first-order valence-corrected chi connectivity index (χ1v) is 12.1. The maximum absolute atomic E-state index is 13.5. The second-order valence-electron chi connectivity index (χ2n) is 8.55. The van der Waals surface area contributed by atoms with Crippen LogP contribution in [0.5, 0.6) is 0 Å². The second-order valence-corrected chi connectivity index (χ2v) is 9.58. The largest absolute Gasteiger partial charge is 0.383 e. The van der Waals surface area contributed by atoms with Crippen LogP contribution in [0.1, 0.15) is 67.5 Å². The number of nitrogens with zero attached hydrogens (tertiary/aromatic N) is 1. The second kappa shape index (κ2) is 11.4. The summed E-state index contributed by atoms with van der Waals surface area (Å²) in [5, 5.41) is 5.18. The number of ether oxygens (including phenoxy) is 1. The summed E-state index contributed by atoms with van der Waals surface area (Å²) >= 11 is 1.56. The van der Waals surface area contributed by atoms with Crippen molar-refractivity contribution in [3.8, 4) is 0 Å². The highest BCUT2D eigenvalue weighted by Gasteiger charge is 2.33. The molecule has 0 aliphatic heterocycles. The van der Waals surface area contributed by atoms with Crippen molar-refractivity contribution in [1.29, 1.82) is 0 Å². The number of carbonyl (C=O) groups is 2. The Labute approximate surface area is 189 Å². The average molecular weight is 443 g/mol. The van der Waals surface area contributed by atoms with Crippen LogP contribution in [-0.4, -0.2) is 43.0 Å². The van der Waals surface area contributed by atoms with Crippen molar-refractivity contribution in [1.82, 2.24) is 10.2 Å². The third-order valence-electron chi connectivity index (χ3n) is 5.94. The molecule has 1 fully saturated rings. The van der Waals surface area contributed by atoms with Gasteiger partial charge < -0.3 is 15.0 Å². The summed E-state index contributed by atoms with van der Waals surface area (Å²) in [6, 6.07) is 11.6. The number of nitrogens with one attached hydrogen (secondary N) is 1. The van der Waals surface area contributed by atoms with Gasteiger partial charge in [-0.2, -0.15) is 0 Å². The van der Waals surface area contributed by atoms with Gasteiger partial charge in [-0.25, -0.2) is 0 Å². The summed E-state index contributed by atoms with van der Waals surface area (Å²) in [7, 11) is 1.62. The molecule has 0 radical (unpaired) electrons. The third kappa shape index (κ3) is 6.40. The van der Waals surface area contributed by atoms with E-state index in [1.807, 2.05) is 29.6 Å². The zero-order valence-electron chi connectivity index (χ0n) is 18.8. The zero-order valence-corrected chi connectivity index (χ0v) is 19.6. The van der Waals surface area contributed by atoms with Crippen LogP contribution in [-0.2, 0) is 20.7 Å². The molecule has 168 valence electrons. The summed E-state index contributed by atoms with van der Waals surface area (Å²) in [6.07, 6.45) is 4.59. The van der Waals surface area contributed by atoms with Crippen LogP contribution in [0.3, 0.4) is 0 Å². The molecule has 1 aromatic heterocycles. The first kappa shape index (κ1) is 23.5. The first-order valence-electron chi connectivity index (χ1n) is 11.2. The van der Waals surface area contributed by atoms with Crippen LogP contribution in [0.15, 0.2) is 41.8 Å². The van der Waals surface area contributed by atoms with Crippen molar-refractivity contribution >= 4 is 23.2 Å². The van der Waals surface area contributed by atoms with Gasteiger partial charge in [0.1, 0.15) is 6.04 Å². The Morgan fingerprint density at radius 1 is 1.13 bits per heavy atom. The fraction of sp³-hybridized carbons (Fsp3) is 0.520. The van der Waals surface area contributed by atoms with E-state index in [9.17, 15) is 9.59 Å². The van der Waals surface area contributed by atoms with Crippen LogP contribution in [0.2, 0.25) is 0 Å². The van der Waals surface area contributed by atoms with Gasteiger partial charge in [-0.1, -0.05) is 57.0 Å². The van der Waals surface area contributed by atoms with Gasteiger partial charge in [-0.05, 0) is 41.3 Å². The number of methoxy groups -OCH3 is 1. The topological polar surface area (TPSA) is 58.6 Å². The van der Waals surface area contributed by atoms with Gasteiger partial charge in [-0.15, -0.1) is 11.3 Å². The highest BCUT2D eigenvalue weighted by atomic mass is 32.1. The molecule has 1 aliphatic rings. The van der Waals surface area contributed by atoms with E-state index in [0.29, 0.717) is 25.5 Å². The molecule has 1 aromatic carbocycles. The lowest BCUT2D eigenvalue weighted by Gasteiger charge is -2.32. The molecule has 2 amide bonds. The molecule has 1 N–H and O–H groups in total. The summed E-state index contributed by atoms with van der Waals surface area (Å²) < 4.78 is 5.28. The van der Waals surface area contributed by atoms with Crippen LogP contribution in [0.4, 0.5) is 0 Å². The van der Waals surface area contributed by atoms with E-state index < -0.39 is 6.04 Å². The fourth-order valence-electron chi connectivity index (χ4n) is 4.14. The molecule has 0 spiro atoms. The predicted octanol–water partition coefficient (Wildman–Crippen LogP) is 4.69. The Morgan fingerprint density at radius 2 is 1.81 bits per heavy atom. The number of hydrogen-bond acceptors (Lipinski definition) is 4. The molecular formula is C25H34N2O3S. The molecule has 31 heavy (non-hydrogen) atoms. The van der Waals surface area contributed by atoms with Crippen molar-refractivity contribution in [2.45, 2.75) is 64.0 Å². The number of carbonyl (C=O) groups excluding carboxylic acids is 2. The lowest BCUT2D eigenvalue weighted by Crippen LogP contribution is -2.47. The Bertz CT molecular complexity index is 827. The Hall–Kier alpha value is -2.18. The first-order chi connectivity index (χ1) is 15.0. The summed E-state index contributed by atoms with van der Waals surface area (Å²) in [4.78, 5) is 29.5. The van der Waals surface area contributed by atoms with Crippen molar-refractivity contribution in [3.63, 3.8) is 0 Å². The molecule has 1 atom stereocenters. The van der Waals surface area contributed by atoms with Gasteiger partial charge in [0.25, 0.3) is 0 Å². The highest BCUT2D eigenvalue weighted by molar-refractivity contribution is 7.10. The molecule has 1 aliphatic carbocycles. The number of thiophene rings is 1. The number of benzene rings is 1. The summed E-state index contributed by atoms with van der Waals surface area (Å²) in [6.45, 7) is 5.05. The summed E-state index contributed by atoms with van der Waals surface area (Å²) in [5.41, 5.74) is 2.06. The molecule has 0 saturated heterocycles. The molecule has 5 nitrogen and oxygen atoms in total. The lowest BCUT2D eigenvalue weighted by molar-refractivity contribution is -0.141. The van der Waals surface area contributed by atoms with E-state index >= 15 is 0 Å². The van der Waals surface area contributed by atoms with E-state index in [0.717, 1.165) is 36.1 Å². The standard InChI is InChI=1S/C25H34N2O3S/c1-18(2)19-10-12-20(13-11-19)24(25(29)26-21-7-4-5-8-21)27(14-15-30-3)23(28)17-22-9-6-16-31-22/h6,9-13,16,18,21,24H,4-5,7-8,14-15,17H2,1-3H3,(H,26,29)/t24-/m0/s1. The maximum atomic E-state index is 13.5. The minimum absolute atomic E-state index is 0.0565. The fourth-order valence-corrected chi connectivity index (χ4v) is 4.83. The van der Waals surface area contributed by atoms with E-state index in [-0.39, 0.29) is 17.9 Å². The van der Waals surface area contributed by atoms with E-state index in [1.54, 1.807) is 23.3 Å². The quantitative estimate of drug-likeness (QED) is 0.581. The van der Waals surface area contributed by atoms with Gasteiger partial charge in [0.05, 0.1) is 13.0 Å². The molecule has 2 aromatic rings. The van der Waals surface area contributed by atoms with Crippen molar-refractivity contribution in [2.24, 2.45) is 0 Å². The van der Waals surface area contributed by atoms with Crippen molar-refractivity contribution < 1.29 is 14.3 Å². The minimum atomic E-state index is -0.663. The Kier molecular flexibility index (Phi) is 8.67. The van der Waals surface area contributed by atoms with E-state index in [2.05, 4.69) is 31.3 Å². The zero-order chi connectivity index (χ0) is 22.2. The van der Waals surface area contributed by atoms with E-state index in [1.165, 1.54) is 5.56 Å². The molecule has 1 saturated carbocycles. The maximum Gasteiger partial charge on any atom is 0.247 e. The Morgan fingerprint density at radius 3 is 2.39 bits per heavy atom. The third-order valence-corrected chi connectivity index (χ3v) is 6.82. The number of hydrogen-bond donors (Lipinski definition) is 1. The van der Waals surface area contributed by atoms with Gasteiger partial charge in [0.2, 0.25) is 11.8 Å². The number of rotatable bonds is 10. The predicted molar refractivity (Wildman–Crippen MR) is 125 cm³/mol.